The van der Waals surface area contributed by atoms with Crippen molar-refractivity contribution in [2.75, 3.05) is 26.3 Å². The van der Waals surface area contributed by atoms with Crippen LogP contribution in [0.4, 0.5) is 13.2 Å². The molecule has 3 heterocycles. The first kappa shape index (κ1) is 19.0. The molecule has 150 valence electrons. The molecule has 0 unspecified atom stereocenters. The SMILES string of the molecule is Cn1cc(-c2cccc3c2CCN(CC2CCOCC2)C3=O)c(C(F)(F)F)n1. The van der Waals surface area contributed by atoms with Crippen molar-refractivity contribution in [2.45, 2.75) is 25.4 Å². The van der Waals surface area contributed by atoms with Gasteiger partial charge in [-0.05, 0) is 42.4 Å². The van der Waals surface area contributed by atoms with E-state index in [4.69, 9.17) is 4.74 Å². The molecule has 1 saturated heterocycles. The first-order chi connectivity index (χ1) is 13.3. The standard InChI is InChI=1S/C20H22F3N3O2/c1-25-12-17(18(24-25)20(21,22)23)14-3-2-4-16-15(14)5-8-26(19(16)27)11-13-6-9-28-10-7-13/h2-4,12-13H,5-11H2,1H3. The summed E-state index contributed by atoms with van der Waals surface area (Å²) in [6.45, 7) is 2.62. The van der Waals surface area contributed by atoms with Crippen molar-refractivity contribution in [1.29, 1.82) is 0 Å². The Labute approximate surface area is 161 Å². The number of rotatable bonds is 3. The van der Waals surface area contributed by atoms with E-state index in [0.29, 0.717) is 55.3 Å². The maximum atomic E-state index is 13.4. The smallest absolute Gasteiger partial charge is 0.381 e. The molecule has 0 aliphatic carbocycles. The number of aryl methyl sites for hydroxylation is 1. The van der Waals surface area contributed by atoms with Gasteiger partial charge in [0.25, 0.3) is 5.91 Å². The summed E-state index contributed by atoms with van der Waals surface area (Å²) < 4.78 is 46.8. The molecule has 1 aromatic carbocycles. The summed E-state index contributed by atoms with van der Waals surface area (Å²) >= 11 is 0. The Bertz CT molecular complexity index is 885. The van der Waals surface area contributed by atoms with Gasteiger partial charge in [-0.1, -0.05) is 12.1 Å². The third-order valence-electron chi connectivity index (χ3n) is 5.53. The van der Waals surface area contributed by atoms with E-state index in [1.165, 1.54) is 17.9 Å². The van der Waals surface area contributed by atoms with Crippen LogP contribution in [0.3, 0.4) is 0 Å². The number of nitrogens with zero attached hydrogens (tertiary/aromatic N) is 3. The number of fused-ring (bicyclic) bond motifs is 1. The molecule has 4 rings (SSSR count). The minimum absolute atomic E-state index is 0.0255. The second kappa shape index (κ2) is 7.24. The highest BCUT2D eigenvalue weighted by molar-refractivity contribution is 5.99. The summed E-state index contributed by atoms with van der Waals surface area (Å²) in [7, 11) is 1.47. The van der Waals surface area contributed by atoms with Gasteiger partial charge in [0.05, 0.1) is 0 Å². The molecule has 2 aliphatic rings. The maximum absolute atomic E-state index is 13.4. The Morgan fingerprint density at radius 2 is 1.89 bits per heavy atom. The Kier molecular flexibility index (Phi) is 4.91. The number of halogens is 3. The lowest BCUT2D eigenvalue weighted by Gasteiger charge is -2.34. The fourth-order valence-corrected chi connectivity index (χ4v) is 4.14. The molecule has 1 fully saturated rings. The van der Waals surface area contributed by atoms with Crippen LogP contribution in [0.1, 0.15) is 34.5 Å². The topological polar surface area (TPSA) is 47.4 Å². The van der Waals surface area contributed by atoms with Gasteiger partial charge in [0.2, 0.25) is 0 Å². The lowest BCUT2D eigenvalue weighted by molar-refractivity contribution is -0.140. The molecule has 1 aromatic heterocycles. The first-order valence-electron chi connectivity index (χ1n) is 9.44. The van der Waals surface area contributed by atoms with Crippen LogP contribution >= 0.6 is 0 Å². The van der Waals surface area contributed by atoms with Crippen molar-refractivity contribution in [3.63, 3.8) is 0 Å². The number of hydrogen-bond donors (Lipinski definition) is 0. The summed E-state index contributed by atoms with van der Waals surface area (Å²) in [6, 6.07) is 5.00. The van der Waals surface area contributed by atoms with Gasteiger partial charge in [0.1, 0.15) is 0 Å². The van der Waals surface area contributed by atoms with Crippen molar-refractivity contribution in [3.8, 4) is 11.1 Å². The number of benzene rings is 1. The molecule has 0 atom stereocenters. The maximum Gasteiger partial charge on any atom is 0.435 e. The summed E-state index contributed by atoms with van der Waals surface area (Å²) in [5, 5.41) is 3.60. The molecule has 0 N–H and O–H groups in total. The highest BCUT2D eigenvalue weighted by Crippen LogP contribution is 2.39. The Balaban J connectivity index is 1.66. The zero-order chi connectivity index (χ0) is 19.9. The van der Waals surface area contributed by atoms with Crippen LogP contribution in [0, 0.1) is 5.92 Å². The average Bonchev–Trinajstić information content (AvgIpc) is 3.07. The van der Waals surface area contributed by atoms with E-state index in [-0.39, 0.29) is 11.5 Å². The van der Waals surface area contributed by atoms with Crippen LogP contribution < -0.4 is 0 Å². The van der Waals surface area contributed by atoms with Crippen molar-refractivity contribution in [1.82, 2.24) is 14.7 Å². The van der Waals surface area contributed by atoms with Gasteiger partial charge in [-0.15, -0.1) is 0 Å². The lowest BCUT2D eigenvalue weighted by Crippen LogP contribution is -2.41. The van der Waals surface area contributed by atoms with Gasteiger partial charge in [-0.25, -0.2) is 0 Å². The molecule has 28 heavy (non-hydrogen) atoms. The average molecular weight is 393 g/mol. The van der Waals surface area contributed by atoms with Crippen LogP contribution in [-0.2, 0) is 24.4 Å². The van der Waals surface area contributed by atoms with Crippen LogP contribution in [0.15, 0.2) is 24.4 Å². The van der Waals surface area contributed by atoms with Crippen molar-refractivity contribution < 1.29 is 22.7 Å². The van der Waals surface area contributed by atoms with Gasteiger partial charge in [-0.3, -0.25) is 9.48 Å². The number of hydrogen-bond acceptors (Lipinski definition) is 3. The fraction of sp³-hybridized carbons (Fsp3) is 0.500. The quantitative estimate of drug-likeness (QED) is 0.802. The number of alkyl halides is 3. The largest absolute Gasteiger partial charge is 0.435 e. The van der Waals surface area contributed by atoms with E-state index in [1.807, 2.05) is 4.90 Å². The predicted octanol–water partition coefficient (Wildman–Crippen LogP) is 3.53. The number of ether oxygens (including phenoxy) is 1. The van der Waals surface area contributed by atoms with E-state index in [1.54, 1.807) is 18.2 Å². The molecular formula is C20H22F3N3O2. The van der Waals surface area contributed by atoms with Gasteiger partial charge in [-0.2, -0.15) is 18.3 Å². The molecule has 2 aliphatic heterocycles. The van der Waals surface area contributed by atoms with Crippen molar-refractivity contribution in [3.05, 3.63) is 41.2 Å². The molecule has 0 bridgehead atoms. The van der Waals surface area contributed by atoms with Crippen molar-refractivity contribution >= 4 is 5.91 Å². The van der Waals surface area contributed by atoms with E-state index in [9.17, 15) is 18.0 Å². The molecule has 2 aromatic rings. The highest BCUT2D eigenvalue weighted by atomic mass is 19.4. The molecule has 0 spiro atoms. The number of aromatic nitrogens is 2. The van der Waals surface area contributed by atoms with Crippen molar-refractivity contribution in [2.24, 2.45) is 13.0 Å². The van der Waals surface area contributed by atoms with Gasteiger partial charge in [0, 0.05) is 50.7 Å². The molecular weight excluding hydrogens is 371 g/mol. The van der Waals surface area contributed by atoms with E-state index in [2.05, 4.69) is 5.10 Å². The van der Waals surface area contributed by atoms with Crippen LogP contribution in [-0.4, -0.2) is 46.9 Å². The highest BCUT2D eigenvalue weighted by Gasteiger charge is 2.38. The van der Waals surface area contributed by atoms with E-state index >= 15 is 0 Å². The third kappa shape index (κ3) is 3.53. The normalized spacial score (nSPS) is 18.4. The Morgan fingerprint density at radius 1 is 1.18 bits per heavy atom. The zero-order valence-electron chi connectivity index (χ0n) is 15.6. The van der Waals surface area contributed by atoms with E-state index in [0.717, 1.165) is 12.8 Å². The third-order valence-corrected chi connectivity index (χ3v) is 5.53. The first-order valence-corrected chi connectivity index (χ1v) is 9.44. The van der Waals surface area contributed by atoms with Crippen LogP contribution in [0.2, 0.25) is 0 Å². The summed E-state index contributed by atoms with van der Waals surface area (Å²) in [5.41, 5.74) is 0.719. The van der Waals surface area contributed by atoms with Crippen LogP contribution in [0.25, 0.3) is 11.1 Å². The lowest BCUT2D eigenvalue weighted by atomic mass is 9.89. The van der Waals surface area contributed by atoms with Crippen LogP contribution in [0.5, 0.6) is 0 Å². The number of carbonyl (C=O) groups is 1. The monoisotopic (exact) mass is 393 g/mol. The molecule has 5 nitrogen and oxygen atoms in total. The predicted molar refractivity (Wildman–Crippen MR) is 96.8 cm³/mol. The molecule has 1 amide bonds. The minimum Gasteiger partial charge on any atom is -0.381 e. The van der Waals surface area contributed by atoms with E-state index < -0.39 is 11.9 Å². The van der Waals surface area contributed by atoms with Gasteiger partial charge in [0.15, 0.2) is 5.69 Å². The number of amides is 1. The Morgan fingerprint density at radius 3 is 2.61 bits per heavy atom. The summed E-state index contributed by atoms with van der Waals surface area (Å²) in [5.74, 6) is 0.310. The second-order valence-corrected chi connectivity index (χ2v) is 7.45. The summed E-state index contributed by atoms with van der Waals surface area (Å²) in [4.78, 5) is 14.8. The minimum atomic E-state index is -4.55. The Hall–Kier alpha value is -2.35. The molecule has 0 radical (unpaired) electrons. The van der Waals surface area contributed by atoms with Gasteiger partial charge < -0.3 is 9.64 Å². The molecule has 0 saturated carbocycles. The zero-order valence-corrected chi connectivity index (χ0v) is 15.6. The fourth-order valence-electron chi connectivity index (χ4n) is 4.14. The summed E-state index contributed by atoms with van der Waals surface area (Å²) in [6.07, 6.45) is -0.778. The second-order valence-electron chi connectivity index (χ2n) is 7.45. The van der Waals surface area contributed by atoms with Gasteiger partial charge >= 0.3 is 6.18 Å². The number of carbonyl (C=O) groups excluding carboxylic acids is 1. The molecule has 8 heteroatoms.